The zero-order valence-electron chi connectivity index (χ0n) is 8.27. The Balaban J connectivity index is 0.000000304. The van der Waals surface area contributed by atoms with Crippen molar-refractivity contribution < 1.29 is 26.1 Å². The first-order chi connectivity index (χ1) is 7.58. The van der Waals surface area contributed by atoms with Crippen molar-refractivity contribution in [3.8, 4) is 12.3 Å². The topological polar surface area (TPSA) is 80.4 Å². The molecule has 0 aliphatic rings. The molecule has 94 valence electrons. The van der Waals surface area contributed by atoms with Crippen LogP contribution in [0.5, 0.6) is 0 Å². The lowest BCUT2D eigenvalue weighted by atomic mass is 10.2. The molecule has 3 N–H and O–H groups in total. The van der Waals surface area contributed by atoms with Crippen LogP contribution in [0.1, 0.15) is 5.56 Å². The van der Waals surface area contributed by atoms with Gasteiger partial charge in [0.1, 0.15) is 0 Å². The Kier molecular flexibility index (Phi) is 5.00. The monoisotopic (exact) mass is 267 g/mol. The Bertz CT molecular complexity index is 500. The molecule has 0 aromatic heterocycles. The van der Waals surface area contributed by atoms with Crippen LogP contribution >= 0.6 is 0 Å². The average molecular weight is 267 g/mol. The third-order valence-corrected chi connectivity index (χ3v) is 1.95. The molecule has 0 saturated carbocycles. The third kappa shape index (κ3) is 5.79. The molecule has 0 saturated heterocycles. The predicted molar refractivity (Wildman–Crippen MR) is 56.4 cm³/mol. The van der Waals surface area contributed by atoms with Crippen molar-refractivity contribution in [1.29, 1.82) is 0 Å². The van der Waals surface area contributed by atoms with Crippen LogP contribution in [-0.2, 0) is 10.1 Å². The Morgan fingerprint density at radius 3 is 1.82 bits per heavy atom. The van der Waals surface area contributed by atoms with Gasteiger partial charge in [-0.2, -0.15) is 21.6 Å². The van der Waals surface area contributed by atoms with Gasteiger partial charge in [0.25, 0.3) is 0 Å². The van der Waals surface area contributed by atoms with Crippen LogP contribution in [0.2, 0.25) is 0 Å². The Hall–Kier alpha value is -1.72. The summed E-state index contributed by atoms with van der Waals surface area (Å²) >= 11 is 0. The number of hydrogen-bond acceptors (Lipinski definition) is 3. The summed E-state index contributed by atoms with van der Waals surface area (Å²) in [5.41, 5.74) is 1.49. The molecule has 0 aliphatic carbocycles. The fraction of sp³-hybridized carbons (Fsp3) is 0.111. The van der Waals surface area contributed by atoms with Crippen molar-refractivity contribution in [2.75, 3.05) is 5.73 Å². The standard InChI is InChI=1S/C8H7N.CHF3O3S/c1-2-7-3-5-8(9)6-4-7;2-1(3,4)8(5,6)7/h1,3-6H,9H2;(H,5,6,7). The summed E-state index contributed by atoms with van der Waals surface area (Å²) in [7, 11) is -5.84. The molecule has 0 atom stereocenters. The molecule has 0 heterocycles. The molecule has 8 heteroatoms. The van der Waals surface area contributed by atoms with E-state index in [9.17, 15) is 13.2 Å². The minimum absolute atomic E-state index is 0.744. The van der Waals surface area contributed by atoms with E-state index < -0.39 is 15.6 Å². The van der Waals surface area contributed by atoms with Gasteiger partial charge in [-0.1, -0.05) is 5.92 Å². The van der Waals surface area contributed by atoms with Gasteiger partial charge in [-0.05, 0) is 24.3 Å². The van der Waals surface area contributed by atoms with Crippen molar-refractivity contribution in [1.82, 2.24) is 0 Å². The van der Waals surface area contributed by atoms with E-state index in [1.807, 2.05) is 12.1 Å². The van der Waals surface area contributed by atoms with E-state index in [0.717, 1.165) is 11.3 Å². The Labute approximate surface area is 96.0 Å². The molecule has 17 heavy (non-hydrogen) atoms. The molecule has 0 unspecified atom stereocenters. The first-order valence-electron chi connectivity index (χ1n) is 3.94. The molecule has 0 spiro atoms. The molecular weight excluding hydrogens is 259 g/mol. The van der Waals surface area contributed by atoms with Gasteiger partial charge in [-0.15, -0.1) is 6.42 Å². The smallest absolute Gasteiger partial charge is 0.399 e. The lowest BCUT2D eigenvalue weighted by Crippen LogP contribution is -2.21. The fourth-order valence-corrected chi connectivity index (χ4v) is 0.579. The first kappa shape index (κ1) is 15.3. The summed E-state index contributed by atoms with van der Waals surface area (Å²) in [5.74, 6) is 2.50. The highest BCUT2D eigenvalue weighted by molar-refractivity contribution is 7.86. The van der Waals surface area contributed by atoms with E-state index in [-0.39, 0.29) is 0 Å². The highest BCUT2D eigenvalue weighted by atomic mass is 32.2. The predicted octanol–water partition coefficient (Wildman–Crippen LogP) is 1.64. The second-order valence-corrected chi connectivity index (χ2v) is 4.10. The van der Waals surface area contributed by atoms with Gasteiger partial charge in [0.15, 0.2) is 0 Å². The van der Waals surface area contributed by atoms with E-state index in [0.29, 0.717) is 0 Å². The summed E-state index contributed by atoms with van der Waals surface area (Å²) in [6, 6.07) is 7.20. The molecule has 0 bridgehead atoms. The van der Waals surface area contributed by atoms with Crippen LogP contribution in [0.25, 0.3) is 0 Å². The number of rotatable bonds is 0. The molecule has 4 nitrogen and oxygen atoms in total. The van der Waals surface area contributed by atoms with Gasteiger partial charge < -0.3 is 5.73 Å². The van der Waals surface area contributed by atoms with Crippen LogP contribution < -0.4 is 5.73 Å². The normalized spacial score (nSPS) is 11.0. The quantitative estimate of drug-likeness (QED) is 0.324. The maximum Gasteiger partial charge on any atom is 0.522 e. The minimum Gasteiger partial charge on any atom is -0.399 e. The lowest BCUT2D eigenvalue weighted by molar-refractivity contribution is -0.0510. The highest BCUT2D eigenvalue weighted by Gasteiger charge is 2.44. The van der Waals surface area contributed by atoms with Crippen molar-refractivity contribution in [3.63, 3.8) is 0 Å². The van der Waals surface area contributed by atoms with Gasteiger partial charge >= 0.3 is 15.6 Å². The summed E-state index contributed by atoms with van der Waals surface area (Å²) in [6.45, 7) is 0. The number of nitrogens with two attached hydrogens (primary N) is 1. The van der Waals surface area contributed by atoms with Crippen molar-refractivity contribution in [2.24, 2.45) is 0 Å². The number of alkyl halides is 3. The second kappa shape index (κ2) is 5.56. The number of nitrogen functional groups attached to an aromatic ring is 1. The maximum atomic E-state index is 10.7. The molecule has 1 aromatic carbocycles. The Morgan fingerprint density at radius 2 is 1.59 bits per heavy atom. The zero-order valence-corrected chi connectivity index (χ0v) is 9.09. The van der Waals surface area contributed by atoms with Crippen LogP contribution in [0.4, 0.5) is 18.9 Å². The van der Waals surface area contributed by atoms with Crippen molar-refractivity contribution in [2.45, 2.75) is 5.51 Å². The van der Waals surface area contributed by atoms with Gasteiger partial charge in [0.2, 0.25) is 0 Å². The molecular formula is C9H8F3NO3S. The number of terminal acetylenes is 1. The largest absolute Gasteiger partial charge is 0.522 e. The highest BCUT2D eigenvalue weighted by Crippen LogP contribution is 2.20. The summed E-state index contributed by atoms with van der Waals surface area (Å²) < 4.78 is 57.5. The molecule has 0 amide bonds. The van der Waals surface area contributed by atoms with Crippen LogP contribution in [0, 0.1) is 12.3 Å². The Morgan fingerprint density at radius 1 is 1.24 bits per heavy atom. The van der Waals surface area contributed by atoms with E-state index in [4.69, 9.17) is 25.1 Å². The number of hydrogen-bond donors (Lipinski definition) is 2. The second-order valence-electron chi connectivity index (χ2n) is 2.69. The van der Waals surface area contributed by atoms with Crippen molar-refractivity contribution in [3.05, 3.63) is 29.8 Å². The van der Waals surface area contributed by atoms with Gasteiger partial charge in [0, 0.05) is 11.3 Å². The van der Waals surface area contributed by atoms with Crippen LogP contribution in [-0.4, -0.2) is 18.5 Å². The number of benzene rings is 1. The third-order valence-electron chi connectivity index (χ3n) is 1.37. The zero-order chi connectivity index (χ0) is 13.7. The molecule has 1 aromatic rings. The van der Waals surface area contributed by atoms with E-state index in [1.165, 1.54) is 0 Å². The maximum absolute atomic E-state index is 10.7. The number of anilines is 1. The number of halogens is 3. The van der Waals surface area contributed by atoms with E-state index in [2.05, 4.69) is 5.92 Å². The van der Waals surface area contributed by atoms with Crippen LogP contribution in [0.15, 0.2) is 24.3 Å². The van der Waals surface area contributed by atoms with Gasteiger partial charge in [-0.25, -0.2) is 0 Å². The molecule has 0 fully saturated rings. The molecule has 0 radical (unpaired) electrons. The molecule has 0 aliphatic heterocycles. The van der Waals surface area contributed by atoms with Crippen molar-refractivity contribution >= 4 is 15.8 Å². The van der Waals surface area contributed by atoms with Crippen LogP contribution in [0.3, 0.4) is 0 Å². The summed E-state index contributed by atoms with van der Waals surface area (Å²) in [6.07, 6.45) is 5.11. The average Bonchev–Trinajstić information content (AvgIpc) is 2.17. The van der Waals surface area contributed by atoms with E-state index in [1.54, 1.807) is 12.1 Å². The fourth-order valence-electron chi connectivity index (χ4n) is 0.579. The lowest BCUT2D eigenvalue weighted by Gasteiger charge is -1.97. The molecule has 1 rings (SSSR count). The van der Waals surface area contributed by atoms with Gasteiger partial charge in [-0.3, -0.25) is 4.55 Å². The van der Waals surface area contributed by atoms with E-state index >= 15 is 0 Å². The summed E-state index contributed by atoms with van der Waals surface area (Å²) in [4.78, 5) is 0. The minimum atomic E-state index is -5.84. The first-order valence-corrected chi connectivity index (χ1v) is 5.38. The summed E-state index contributed by atoms with van der Waals surface area (Å²) in [5, 5.41) is 0. The van der Waals surface area contributed by atoms with Gasteiger partial charge in [0.05, 0.1) is 0 Å². The SMILES string of the molecule is C#Cc1ccc(N)cc1.O=S(=O)(O)C(F)(F)F.